The number of aryl methyl sites for hydroxylation is 1. The smallest absolute Gasteiger partial charge is 0.291 e. The van der Waals surface area contributed by atoms with Crippen LogP contribution in [0, 0.1) is 0 Å². The van der Waals surface area contributed by atoms with Crippen molar-refractivity contribution in [1.82, 2.24) is 4.90 Å². The molecule has 3 aromatic rings. The highest BCUT2D eigenvalue weighted by Crippen LogP contribution is 2.47. The van der Waals surface area contributed by atoms with Gasteiger partial charge in [0.25, 0.3) is 5.91 Å². The number of carbonyl (C=O) groups is 1. The highest BCUT2D eigenvalue weighted by atomic mass is 32.1. The molecular weight excluding hydrogens is 436 g/mol. The van der Waals surface area contributed by atoms with Crippen LogP contribution in [0.15, 0.2) is 41.0 Å². The number of fused-ring (bicyclic) bond motifs is 2. The van der Waals surface area contributed by atoms with E-state index in [0.717, 1.165) is 42.4 Å². The lowest BCUT2D eigenvalue weighted by molar-refractivity contribution is 0.0996. The second-order valence-electron chi connectivity index (χ2n) is 9.00. The average molecular weight is 465 g/mol. The Hall–Kier alpha value is -2.77. The molecule has 172 valence electrons. The Bertz CT molecular complexity index is 1150. The second-order valence-corrected chi connectivity index (χ2v) is 10.1. The minimum Gasteiger partial charge on any atom is -0.459 e. The normalized spacial score (nSPS) is 18.7. The highest BCUT2D eigenvalue weighted by molar-refractivity contribution is 7.16. The Balaban J connectivity index is 1.46. The van der Waals surface area contributed by atoms with E-state index in [2.05, 4.69) is 22.3 Å². The van der Waals surface area contributed by atoms with Crippen molar-refractivity contribution in [3.05, 3.63) is 63.9 Å². The average Bonchev–Trinajstić information content (AvgIpc) is 3.60. The van der Waals surface area contributed by atoms with Crippen LogP contribution in [0.5, 0.6) is 11.5 Å². The van der Waals surface area contributed by atoms with Crippen LogP contribution in [0.2, 0.25) is 0 Å². The first-order valence-electron chi connectivity index (χ1n) is 11.9. The van der Waals surface area contributed by atoms with Crippen LogP contribution in [0.4, 0.5) is 5.00 Å². The summed E-state index contributed by atoms with van der Waals surface area (Å²) < 4.78 is 16.7. The fourth-order valence-corrected chi connectivity index (χ4v) is 6.68. The van der Waals surface area contributed by atoms with Crippen LogP contribution in [0.25, 0.3) is 0 Å². The maximum absolute atomic E-state index is 13.0. The minimum atomic E-state index is -0.192. The molecule has 4 heterocycles. The number of rotatable bonds is 5. The molecule has 0 radical (unpaired) electrons. The number of nitrogens with one attached hydrogen (secondary N) is 1. The van der Waals surface area contributed by atoms with E-state index in [4.69, 9.17) is 13.9 Å². The molecule has 6 rings (SSSR count). The molecule has 0 saturated carbocycles. The Kier molecular flexibility index (Phi) is 5.60. The number of amides is 1. The quantitative estimate of drug-likeness (QED) is 0.519. The van der Waals surface area contributed by atoms with Gasteiger partial charge in [0.05, 0.1) is 12.3 Å². The summed E-state index contributed by atoms with van der Waals surface area (Å²) in [6, 6.07) is 9.85. The van der Waals surface area contributed by atoms with E-state index in [0.29, 0.717) is 5.76 Å². The summed E-state index contributed by atoms with van der Waals surface area (Å²) in [5.74, 6) is 1.75. The van der Waals surface area contributed by atoms with Gasteiger partial charge < -0.3 is 19.2 Å². The van der Waals surface area contributed by atoms with E-state index in [-0.39, 0.29) is 18.7 Å². The third kappa shape index (κ3) is 3.93. The van der Waals surface area contributed by atoms with Crippen molar-refractivity contribution in [2.45, 2.75) is 51.0 Å². The topological polar surface area (TPSA) is 63.9 Å². The van der Waals surface area contributed by atoms with Gasteiger partial charge in [-0.15, -0.1) is 11.3 Å². The molecule has 1 saturated heterocycles. The fourth-order valence-electron chi connectivity index (χ4n) is 5.36. The van der Waals surface area contributed by atoms with Crippen molar-refractivity contribution in [1.29, 1.82) is 0 Å². The molecule has 7 heteroatoms. The molecule has 2 aromatic heterocycles. The number of piperidine rings is 1. The summed E-state index contributed by atoms with van der Waals surface area (Å²) in [7, 11) is 0. The number of hydrogen-bond donors (Lipinski definition) is 1. The zero-order valence-corrected chi connectivity index (χ0v) is 19.4. The zero-order valence-electron chi connectivity index (χ0n) is 18.6. The summed E-state index contributed by atoms with van der Waals surface area (Å²) >= 11 is 1.74. The number of carbonyl (C=O) groups excluding carboxylic acids is 1. The second kappa shape index (κ2) is 8.88. The minimum absolute atomic E-state index is 0.0739. The summed E-state index contributed by atoms with van der Waals surface area (Å²) in [6.45, 7) is 2.37. The Morgan fingerprint density at radius 2 is 1.85 bits per heavy atom. The maximum atomic E-state index is 13.0. The van der Waals surface area contributed by atoms with Gasteiger partial charge in [-0.2, -0.15) is 0 Å². The first-order chi connectivity index (χ1) is 16.3. The number of likely N-dealkylation sites (tertiary alicyclic amines) is 1. The van der Waals surface area contributed by atoms with Crippen molar-refractivity contribution >= 4 is 22.2 Å². The molecule has 2 aliphatic heterocycles. The van der Waals surface area contributed by atoms with E-state index in [1.54, 1.807) is 29.7 Å². The van der Waals surface area contributed by atoms with Crippen molar-refractivity contribution in [2.75, 3.05) is 25.2 Å². The van der Waals surface area contributed by atoms with Crippen molar-refractivity contribution in [2.24, 2.45) is 0 Å². The van der Waals surface area contributed by atoms with Crippen LogP contribution in [0.3, 0.4) is 0 Å². The fraction of sp³-hybridized carbons (Fsp3) is 0.423. The lowest BCUT2D eigenvalue weighted by atomic mass is 9.88. The van der Waals surface area contributed by atoms with Crippen molar-refractivity contribution < 1.29 is 18.7 Å². The molecule has 0 spiro atoms. The number of thiophene rings is 1. The standard InChI is InChI=1S/C26H28N2O4S/c29-25(20-8-6-14-30-20)27-26-23(18-7-2-3-9-22(18)33-26)24(28-12-4-1-5-13-28)17-10-11-19-21(15-17)32-16-31-19/h6,8,10-11,14-15,24H,1-5,7,9,12-13,16H2,(H,27,29)/t24-/m0/s1. The number of nitrogens with zero attached hydrogens (tertiary/aromatic N) is 1. The van der Waals surface area contributed by atoms with Crippen LogP contribution in [-0.4, -0.2) is 30.7 Å². The van der Waals surface area contributed by atoms with Gasteiger partial charge in [-0.3, -0.25) is 9.69 Å². The molecule has 0 unspecified atom stereocenters. The molecule has 3 aliphatic rings. The number of ether oxygens (including phenoxy) is 2. The van der Waals surface area contributed by atoms with Gasteiger partial charge in [-0.1, -0.05) is 12.5 Å². The van der Waals surface area contributed by atoms with Gasteiger partial charge in [0.2, 0.25) is 6.79 Å². The van der Waals surface area contributed by atoms with Gasteiger partial charge >= 0.3 is 0 Å². The molecular formula is C26H28N2O4S. The number of anilines is 1. The first kappa shape index (κ1) is 20.8. The molecule has 1 atom stereocenters. The van der Waals surface area contributed by atoms with Crippen LogP contribution >= 0.6 is 11.3 Å². The lowest BCUT2D eigenvalue weighted by Gasteiger charge is -2.36. The van der Waals surface area contributed by atoms with E-state index in [1.807, 2.05) is 6.07 Å². The van der Waals surface area contributed by atoms with E-state index < -0.39 is 0 Å². The first-order valence-corrected chi connectivity index (χ1v) is 12.7. The third-order valence-corrected chi connectivity index (χ3v) is 8.15. The molecule has 1 aromatic carbocycles. The Morgan fingerprint density at radius 1 is 1.00 bits per heavy atom. The van der Waals surface area contributed by atoms with Crippen LogP contribution in [-0.2, 0) is 12.8 Å². The highest BCUT2D eigenvalue weighted by Gasteiger charge is 2.33. The summed E-state index contributed by atoms with van der Waals surface area (Å²) in [5, 5.41) is 4.17. The molecule has 0 bridgehead atoms. The van der Waals surface area contributed by atoms with Crippen molar-refractivity contribution in [3.63, 3.8) is 0 Å². The maximum Gasteiger partial charge on any atom is 0.291 e. The largest absolute Gasteiger partial charge is 0.459 e. The molecule has 33 heavy (non-hydrogen) atoms. The third-order valence-electron chi connectivity index (χ3n) is 6.93. The van der Waals surface area contributed by atoms with Gasteiger partial charge in [-0.25, -0.2) is 0 Å². The molecule has 1 aliphatic carbocycles. The van der Waals surface area contributed by atoms with Crippen LogP contribution in [0.1, 0.15) is 70.3 Å². The monoisotopic (exact) mass is 464 g/mol. The molecule has 1 amide bonds. The van der Waals surface area contributed by atoms with Gasteiger partial charge in [0.15, 0.2) is 17.3 Å². The van der Waals surface area contributed by atoms with Crippen molar-refractivity contribution in [3.8, 4) is 11.5 Å². The molecule has 6 nitrogen and oxygen atoms in total. The number of furan rings is 1. The van der Waals surface area contributed by atoms with Gasteiger partial charge in [0.1, 0.15) is 5.00 Å². The lowest BCUT2D eigenvalue weighted by Crippen LogP contribution is -2.35. The summed E-state index contributed by atoms with van der Waals surface area (Å²) in [5.41, 5.74) is 3.88. The molecule has 1 fully saturated rings. The SMILES string of the molecule is O=C(Nc1sc2c(c1[C@H](c1ccc3c(c1)OCO3)N1CCCCC1)CCCC2)c1ccco1. The zero-order chi connectivity index (χ0) is 22.2. The van der Waals surface area contributed by atoms with E-state index in [1.165, 1.54) is 53.7 Å². The molecule has 1 N–H and O–H groups in total. The van der Waals surface area contributed by atoms with Crippen LogP contribution < -0.4 is 14.8 Å². The van der Waals surface area contributed by atoms with E-state index >= 15 is 0 Å². The van der Waals surface area contributed by atoms with Gasteiger partial charge in [0, 0.05) is 10.4 Å². The summed E-state index contributed by atoms with van der Waals surface area (Å²) in [6.07, 6.45) is 9.74. The Morgan fingerprint density at radius 3 is 2.70 bits per heavy atom. The Labute approximate surface area is 197 Å². The predicted octanol–water partition coefficient (Wildman–Crippen LogP) is 5.78. The number of benzene rings is 1. The summed E-state index contributed by atoms with van der Waals surface area (Å²) in [4.78, 5) is 17.0. The van der Waals surface area contributed by atoms with E-state index in [9.17, 15) is 4.79 Å². The number of hydrogen-bond acceptors (Lipinski definition) is 6. The van der Waals surface area contributed by atoms with Gasteiger partial charge in [-0.05, 0) is 87.0 Å². The predicted molar refractivity (Wildman–Crippen MR) is 127 cm³/mol.